The summed E-state index contributed by atoms with van der Waals surface area (Å²) in [7, 11) is 5.32. The molecule has 1 heterocycles. The van der Waals surface area contributed by atoms with Crippen LogP contribution in [0.4, 0.5) is 5.69 Å². The summed E-state index contributed by atoms with van der Waals surface area (Å²) in [5.41, 5.74) is 5.15. The molecule has 3 N–H and O–H groups in total. The van der Waals surface area contributed by atoms with E-state index in [1.54, 1.807) is 30.8 Å². The van der Waals surface area contributed by atoms with Gasteiger partial charge in [0.15, 0.2) is 0 Å². The molecule has 0 fully saturated rings. The van der Waals surface area contributed by atoms with Gasteiger partial charge < -0.3 is 20.4 Å². The smallest absolute Gasteiger partial charge is 0.253 e. The number of carbonyl (C=O) groups excluding carboxylic acids is 2. The first kappa shape index (κ1) is 22.1. The van der Waals surface area contributed by atoms with Crippen molar-refractivity contribution in [2.24, 2.45) is 0 Å². The Kier molecular flexibility index (Phi) is 6.74. The second-order valence-electron chi connectivity index (χ2n) is 7.76. The lowest BCUT2D eigenvalue weighted by Crippen LogP contribution is -2.40. The van der Waals surface area contributed by atoms with Crippen LogP contribution in [-0.2, 0) is 4.79 Å². The average Bonchev–Trinajstić information content (AvgIpc) is 2.78. The Labute approximate surface area is 183 Å². The van der Waals surface area contributed by atoms with Crippen LogP contribution in [0.5, 0.6) is 0 Å². The first-order valence-corrected chi connectivity index (χ1v) is 10.2. The summed E-state index contributed by atoms with van der Waals surface area (Å²) in [6.07, 6.45) is 0.705. The number of nitrogens with one attached hydrogen (secondary N) is 3. The molecule has 0 unspecified atom stereocenters. The molecule has 7 nitrogen and oxygen atoms in total. The molecular formula is C24H29N5O2. The van der Waals surface area contributed by atoms with E-state index in [0.717, 1.165) is 28.1 Å². The third-order valence-electron chi connectivity index (χ3n) is 5.40. The number of rotatable bonds is 5. The van der Waals surface area contributed by atoms with Crippen LogP contribution in [0.3, 0.4) is 0 Å². The van der Waals surface area contributed by atoms with Crippen LogP contribution in [0, 0.1) is 5.41 Å². The van der Waals surface area contributed by atoms with Gasteiger partial charge in [-0.3, -0.25) is 15.0 Å². The number of carbonyl (C=O) groups is 2. The van der Waals surface area contributed by atoms with Crippen molar-refractivity contribution in [1.29, 1.82) is 5.41 Å². The summed E-state index contributed by atoms with van der Waals surface area (Å²) >= 11 is 0. The predicted octanol–water partition coefficient (Wildman–Crippen LogP) is 3.17. The van der Waals surface area contributed by atoms with E-state index < -0.39 is 0 Å². The van der Waals surface area contributed by atoms with Gasteiger partial charge in [-0.25, -0.2) is 0 Å². The van der Waals surface area contributed by atoms with Crippen LogP contribution in [0.2, 0.25) is 0 Å². The van der Waals surface area contributed by atoms with Crippen LogP contribution in [0.25, 0.3) is 11.1 Å². The molecule has 0 atom stereocenters. The molecule has 1 aliphatic rings. The number of nitrogens with zero attached hydrogens (tertiary/aromatic N) is 2. The Balaban J connectivity index is 1.76. The number of hydrogen-bond donors (Lipinski definition) is 3. The molecular weight excluding hydrogens is 390 g/mol. The number of anilines is 1. The highest BCUT2D eigenvalue weighted by atomic mass is 16.2. The fraction of sp³-hybridized carbons (Fsp3) is 0.292. The van der Waals surface area contributed by atoms with Crippen LogP contribution in [-0.4, -0.2) is 61.7 Å². The summed E-state index contributed by atoms with van der Waals surface area (Å²) in [4.78, 5) is 27.3. The Bertz CT molecular complexity index is 1020. The lowest BCUT2D eigenvalue weighted by Gasteiger charge is -2.30. The number of hydrogen-bond acceptors (Lipinski definition) is 4. The number of benzene rings is 2. The second-order valence-corrected chi connectivity index (χ2v) is 7.76. The topological polar surface area (TPSA) is 88.5 Å². The molecule has 162 valence electrons. The lowest BCUT2D eigenvalue weighted by molar-refractivity contribution is -0.128. The monoisotopic (exact) mass is 419 g/mol. The van der Waals surface area contributed by atoms with Gasteiger partial charge in [-0.2, -0.15) is 0 Å². The second kappa shape index (κ2) is 9.47. The van der Waals surface area contributed by atoms with E-state index in [1.165, 1.54) is 0 Å². The van der Waals surface area contributed by atoms with Crippen molar-refractivity contribution in [3.63, 3.8) is 0 Å². The summed E-state index contributed by atoms with van der Waals surface area (Å²) in [6, 6.07) is 15.3. The van der Waals surface area contributed by atoms with Gasteiger partial charge in [0.1, 0.15) is 5.84 Å². The largest absolute Gasteiger partial charge is 0.391 e. The highest BCUT2D eigenvalue weighted by Gasteiger charge is 2.23. The zero-order chi connectivity index (χ0) is 22.5. The molecule has 0 saturated carbocycles. The number of amidine groups is 1. The van der Waals surface area contributed by atoms with Crippen molar-refractivity contribution >= 4 is 23.3 Å². The summed E-state index contributed by atoms with van der Waals surface area (Å²) in [5.74, 6) is 0.260. The molecule has 2 aromatic rings. The minimum Gasteiger partial charge on any atom is -0.391 e. The summed E-state index contributed by atoms with van der Waals surface area (Å²) < 4.78 is 0. The maximum absolute atomic E-state index is 12.2. The lowest BCUT2D eigenvalue weighted by atomic mass is 10.0. The van der Waals surface area contributed by atoms with Gasteiger partial charge in [-0.15, -0.1) is 0 Å². The van der Waals surface area contributed by atoms with Gasteiger partial charge in [0.2, 0.25) is 5.91 Å². The van der Waals surface area contributed by atoms with E-state index in [4.69, 9.17) is 5.41 Å². The molecule has 0 aliphatic carbocycles. The minimum absolute atomic E-state index is 0.0137. The van der Waals surface area contributed by atoms with E-state index in [2.05, 4.69) is 10.6 Å². The van der Waals surface area contributed by atoms with E-state index in [1.807, 2.05) is 55.6 Å². The van der Waals surface area contributed by atoms with Crippen molar-refractivity contribution < 1.29 is 9.59 Å². The molecule has 31 heavy (non-hydrogen) atoms. The van der Waals surface area contributed by atoms with Gasteiger partial charge in [0.05, 0.1) is 6.54 Å². The van der Waals surface area contributed by atoms with Gasteiger partial charge in [-0.05, 0) is 35.4 Å². The van der Waals surface area contributed by atoms with E-state index >= 15 is 0 Å². The fourth-order valence-electron chi connectivity index (χ4n) is 3.59. The van der Waals surface area contributed by atoms with E-state index in [9.17, 15) is 9.59 Å². The van der Waals surface area contributed by atoms with Gasteiger partial charge in [0, 0.05) is 63.6 Å². The molecule has 2 amide bonds. The first-order chi connectivity index (χ1) is 14.8. The maximum atomic E-state index is 12.2. The zero-order valence-corrected chi connectivity index (χ0v) is 18.5. The zero-order valence-electron chi connectivity index (χ0n) is 18.5. The highest BCUT2D eigenvalue weighted by molar-refractivity contribution is 6.07. The Morgan fingerprint density at radius 2 is 1.77 bits per heavy atom. The van der Waals surface area contributed by atoms with E-state index in [-0.39, 0.29) is 17.6 Å². The average molecular weight is 420 g/mol. The van der Waals surface area contributed by atoms with Crippen molar-refractivity contribution in [3.8, 4) is 11.1 Å². The fourth-order valence-corrected chi connectivity index (χ4v) is 3.59. The van der Waals surface area contributed by atoms with Crippen molar-refractivity contribution in [2.75, 3.05) is 39.5 Å². The Morgan fingerprint density at radius 3 is 2.39 bits per heavy atom. The van der Waals surface area contributed by atoms with Crippen molar-refractivity contribution in [2.45, 2.75) is 13.3 Å². The minimum atomic E-state index is -0.0331. The molecule has 0 spiro atoms. The van der Waals surface area contributed by atoms with Gasteiger partial charge in [0.25, 0.3) is 5.91 Å². The molecule has 0 radical (unpaired) electrons. The molecule has 3 rings (SSSR count). The first-order valence-electron chi connectivity index (χ1n) is 10.2. The summed E-state index contributed by atoms with van der Waals surface area (Å²) in [6.45, 7) is 2.63. The highest BCUT2D eigenvalue weighted by Crippen LogP contribution is 2.24. The van der Waals surface area contributed by atoms with Crippen LogP contribution in [0.1, 0.15) is 23.7 Å². The molecule has 0 saturated heterocycles. The van der Waals surface area contributed by atoms with Crippen LogP contribution < -0.4 is 10.6 Å². The molecule has 7 heteroatoms. The molecule has 0 aromatic heterocycles. The molecule has 1 aliphatic heterocycles. The van der Waals surface area contributed by atoms with Crippen molar-refractivity contribution in [3.05, 3.63) is 65.4 Å². The third kappa shape index (κ3) is 5.12. The Hall–Kier alpha value is -3.61. The predicted molar refractivity (Wildman–Crippen MR) is 124 cm³/mol. The van der Waals surface area contributed by atoms with Gasteiger partial charge >= 0.3 is 0 Å². The Morgan fingerprint density at radius 1 is 1.06 bits per heavy atom. The normalized spacial score (nSPS) is 13.6. The maximum Gasteiger partial charge on any atom is 0.253 e. The van der Waals surface area contributed by atoms with Gasteiger partial charge in [-0.1, -0.05) is 24.3 Å². The van der Waals surface area contributed by atoms with Crippen LogP contribution >= 0.6 is 0 Å². The number of amides is 2. The molecule has 2 aromatic carbocycles. The summed E-state index contributed by atoms with van der Waals surface area (Å²) in [5, 5.41) is 14.8. The van der Waals surface area contributed by atoms with E-state index in [0.29, 0.717) is 25.1 Å². The quantitative estimate of drug-likeness (QED) is 0.513. The standard InChI is InChI=1S/C24H29N5O2/c1-16(30)29-13-12-22(26-2)21(15-29)23(25)27-20-10-8-17(9-11-20)18-6-5-7-19(14-18)24(31)28(3)4/h5-11,14,26H,12-13,15H2,1-4H3,(H2,25,27). The SMILES string of the molecule is CNC1=C(C(=N)Nc2ccc(-c3cccc(C(=O)N(C)C)c3)cc2)CN(C(C)=O)CC1. The van der Waals surface area contributed by atoms with Crippen LogP contribution in [0.15, 0.2) is 59.8 Å². The molecule has 0 bridgehead atoms. The van der Waals surface area contributed by atoms with Crippen molar-refractivity contribution in [1.82, 2.24) is 15.1 Å². The third-order valence-corrected chi connectivity index (χ3v) is 5.40.